The molecule has 1 N–H and O–H groups in total. The van der Waals surface area contributed by atoms with Crippen LogP contribution in [0, 0.1) is 11.8 Å². The summed E-state index contributed by atoms with van der Waals surface area (Å²) >= 11 is 0. The van der Waals surface area contributed by atoms with Crippen molar-refractivity contribution in [2.24, 2.45) is 11.8 Å². The molecule has 0 saturated heterocycles. The second kappa shape index (κ2) is 6.75. The third kappa shape index (κ3) is 3.07. The molecule has 1 atom stereocenters. The van der Waals surface area contributed by atoms with E-state index < -0.39 is 0 Å². The summed E-state index contributed by atoms with van der Waals surface area (Å²) in [6.07, 6.45) is 12.4. The van der Waals surface area contributed by atoms with Crippen molar-refractivity contribution in [1.29, 1.82) is 0 Å². The third-order valence-electron chi connectivity index (χ3n) is 5.66. The maximum atomic E-state index is 12.8. The normalized spacial score (nSPS) is 19.8. The zero-order chi connectivity index (χ0) is 16.4. The Morgan fingerprint density at radius 3 is 2.50 bits per heavy atom. The largest absolute Gasteiger partial charge is 0.349 e. The fraction of sp³-hybridized carbons (Fsp3) is 0.526. The van der Waals surface area contributed by atoms with Gasteiger partial charge in [-0.15, -0.1) is 5.10 Å². The number of carbonyl (C=O) groups excluding carboxylic acids is 1. The van der Waals surface area contributed by atoms with Crippen LogP contribution < -0.4 is 5.32 Å². The van der Waals surface area contributed by atoms with Gasteiger partial charge in [-0.1, -0.05) is 30.5 Å². The third-order valence-corrected chi connectivity index (χ3v) is 5.66. The Balaban J connectivity index is 1.51. The number of carbonyl (C=O) groups is 1. The van der Waals surface area contributed by atoms with Crippen LogP contribution in [0.15, 0.2) is 36.7 Å². The van der Waals surface area contributed by atoms with Gasteiger partial charge < -0.3 is 5.32 Å². The van der Waals surface area contributed by atoms with Gasteiger partial charge >= 0.3 is 0 Å². The highest BCUT2D eigenvalue weighted by Crippen LogP contribution is 2.38. The van der Waals surface area contributed by atoms with Gasteiger partial charge in [-0.3, -0.25) is 4.79 Å². The number of benzene rings is 1. The second-order valence-corrected chi connectivity index (χ2v) is 7.13. The molecule has 5 nitrogen and oxygen atoms in total. The maximum Gasteiger partial charge on any atom is 0.251 e. The molecule has 24 heavy (non-hydrogen) atoms. The first-order chi connectivity index (χ1) is 11.8. The van der Waals surface area contributed by atoms with Crippen molar-refractivity contribution >= 4 is 5.91 Å². The Labute approximate surface area is 142 Å². The molecule has 5 heteroatoms. The number of amides is 1. The lowest BCUT2D eigenvalue weighted by Crippen LogP contribution is -2.47. The van der Waals surface area contributed by atoms with Gasteiger partial charge in [0, 0.05) is 11.6 Å². The summed E-state index contributed by atoms with van der Waals surface area (Å²) in [7, 11) is 0. The van der Waals surface area contributed by atoms with Crippen molar-refractivity contribution in [2.75, 3.05) is 0 Å². The minimum atomic E-state index is 0.0424. The molecule has 1 heterocycles. The number of nitrogens with one attached hydrogen (secondary N) is 1. The maximum absolute atomic E-state index is 12.8. The van der Waals surface area contributed by atoms with Gasteiger partial charge in [0.05, 0.1) is 18.1 Å². The Morgan fingerprint density at radius 2 is 1.88 bits per heavy atom. The summed E-state index contributed by atoms with van der Waals surface area (Å²) in [6.45, 7) is 0. The zero-order valence-electron chi connectivity index (χ0n) is 13.9. The van der Waals surface area contributed by atoms with E-state index in [1.54, 1.807) is 17.1 Å². The predicted octanol–water partition coefficient (Wildman–Crippen LogP) is 3.36. The number of nitrogens with zero attached hydrogens (tertiary/aromatic N) is 3. The van der Waals surface area contributed by atoms with Crippen LogP contribution in [0.4, 0.5) is 0 Å². The fourth-order valence-corrected chi connectivity index (χ4v) is 4.11. The summed E-state index contributed by atoms with van der Waals surface area (Å²) in [5.41, 5.74) is 1.56. The molecule has 2 saturated carbocycles. The molecule has 126 valence electrons. The summed E-state index contributed by atoms with van der Waals surface area (Å²) in [5, 5.41) is 11.2. The summed E-state index contributed by atoms with van der Waals surface area (Å²) < 4.78 is 1.68. The van der Waals surface area contributed by atoms with E-state index in [1.165, 1.54) is 44.9 Å². The van der Waals surface area contributed by atoms with Crippen LogP contribution in [-0.2, 0) is 0 Å². The Bertz CT molecular complexity index is 687. The molecule has 2 aliphatic carbocycles. The van der Waals surface area contributed by atoms with E-state index in [2.05, 4.69) is 15.6 Å². The first kappa shape index (κ1) is 15.4. The van der Waals surface area contributed by atoms with Gasteiger partial charge in [-0.05, 0) is 55.7 Å². The predicted molar refractivity (Wildman–Crippen MR) is 91.9 cm³/mol. The average Bonchev–Trinajstić information content (AvgIpc) is 3.26. The van der Waals surface area contributed by atoms with Gasteiger partial charge in [0.1, 0.15) is 0 Å². The summed E-state index contributed by atoms with van der Waals surface area (Å²) in [4.78, 5) is 12.8. The van der Waals surface area contributed by atoms with Crippen LogP contribution in [0.2, 0.25) is 0 Å². The highest BCUT2D eigenvalue weighted by molar-refractivity contribution is 5.95. The standard InChI is InChI=1S/C19H24N4O/c24-19(16-9-4-10-17(13-16)23-12-11-20-22-23)21-18(15-7-3-8-15)14-5-1-2-6-14/h4,9-15,18H,1-3,5-8H2,(H,21,24). The highest BCUT2D eigenvalue weighted by Gasteiger charge is 2.35. The minimum absolute atomic E-state index is 0.0424. The molecule has 0 spiro atoms. The van der Waals surface area contributed by atoms with Crippen LogP contribution in [-0.4, -0.2) is 26.9 Å². The molecule has 1 aromatic carbocycles. The van der Waals surface area contributed by atoms with E-state index in [4.69, 9.17) is 0 Å². The lowest BCUT2D eigenvalue weighted by atomic mass is 9.74. The molecular weight excluding hydrogens is 300 g/mol. The number of aromatic nitrogens is 3. The van der Waals surface area contributed by atoms with Crippen molar-refractivity contribution in [1.82, 2.24) is 20.3 Å². The topological polar surface area (TPSA) is 59.8 Å². The molecule has 2 aliphatic rings. The number of hydrogen-bond acceptors (Lipinski definition) is 3. The molecule has 1 amide bonds. The average molecular weight is 324 g/mol. The number of rotatable bonds is 5. The summed E-state index contributed by atoms with van der Waals surface area (Å²) in [6, 6.07) is 7.95. The van der Waals surface area contributed by atoms with Crippen molar-refractivity contribution in [2.45, 2.75) is 51.0 Å². The molecular formula is C19H24N4O. The highest BCUT2D eigenvalue weighted by atomic mass is 16.1. The van der Waals surface area contributed by atoms with E-state index >= 15 is 0 Å². The zero-order valence-corrected chi connectivity index (χ0v) is 13.9. The van der Waals surface area contributed by atoms with Crippen LogP contribution >= 0.6 is 0 Å². The van der Waals surface area contributed by atoms with Gasteiger partial charge in [-0.2, -0.15) is 0 Å². The minimum Gasteiger partial charge on any atom is -0.349 e. The molecule has 2 aromatic rings. The Kier molecular flexibility index (Phi) is 4.32. The van der Waals surface area contributed by atoms with Crippen molar-refractivity contribution in [3.63, 3.8) is 0 Å². The van der Waals surface area contributed by atoms with Crippen LogP contribution in [0.25, 0.3) is 5.69 Å². The van der Waals surface area contributed by atoms with Crippen molar-refractivity contribution in [3.05, 3.63) is 42.2 Å². The Morgan fingerprint density at radius 1 is 1.12 bits per heavy atom. The SMILES string of the molecule is O=C(NC(C1CCCC1)C1CCC1)c1cccc(-n2ccnn2)c1. The van der Waals surface area contributed by atoms with E-state index in [-0.39, 0.29) is 5.91 Å². The Hall–Kier alpha value is -2.17. The first-order valence-electron chi connectivity index (χ1n) is 9.09. The smallest absolute Gasteiger partial charge is 0.251 e. The van der Waals surface area contributed by atoms with Crippen LogP contribution in [0.1, 0.15) is 55.3 Å². The van der Waals surface area contributed by atoms with Crippen LogP contribution in [0.5, 0.6) is 0 Å². The van der Waals surface area contributed by atoms with E-state index in [9.17, 15) is 4.79 Å². The molecule has 0 aliphatic heterocycles. The lowest BCUT2D eigenvalue weighted by Gasteiger charge is -2.38. The van der Waals surface area contributed by atoms with Crippen molar-refractivity contribution < 1.29 is 4.79 Å². The number of hydrogen-bond donors (Lipinski definition) is 1. The van der Waals surface area contributed by atoms with Crippen LogP contribution in [0.3, 0.4) is 0 Å². The molecule has 0 bridgehead atoms. The molecule has 0 radical (unpaired) electrons. The first-order valence-corrected chi connectivity index (χ1v) is 9.09. The van der Waals surface area contributed by atoms with Gasteiger partial charge in [-0.25, -0.2) is 4.68 Å². The molecule has 1 unspecified atom stereocenters. The van der Waals surface area contributed by atoms with Gasteiger partial charge in [0.15, 0.2) is 0 Å². The second-order valence-electron chi connectivity index (χ2n) is 7.13. The monoisotopic (exact) mass is 324 g/mol. The molecule has 1 aromatic heterocycles. The van der Waals surface area contributed by atoms with E-state index in [0.29, 0.717) is 23.4 Å². The van der Waals surface area contributed by atoms with Gasteiger partial charge in [0.2, 0.25) is 0 Å². The summed E-state index contributed by atoms with van der Waals surface area (Å²) in [5.74, 6) is 1.38. The van der Waals surface area contributed by atoms with Crippen molar-refractivity contribution in [3.8, 4) is 5.69 Å². The molecule has 2 fully saturated rings. The quantitative estimate of drug-likeness (QED) is 0.917. The molecule has 4 rings (SSSR count). The van der Waals surface area contributed by atoms with E-state index in [1.807, 2.05) is 24.3 Å². The lowest BCUT2D eigenvalue weighted by molar-refractivity contribution is 0.0860. The fourth-order valence-electron chi connectivity index (χ4n) is 4.11. The van der Waals surface area contributed by atoms with Gasteiger partial charge in [0.25, 0.3) is 5.91 Å². The van der Waals surface area contributed by atoms with E-state index in [0.717, 1.165) is 5.69 Å².